The Hall–Kier alpha value is 0.177. The molecule has 0 saturated heterocycles. The largest absolute Gasteiger partial charge is 0.314 e. The monoisotopic (exact) mass is 213 g/mol. The van der Waals surface area contributed by atoms with Gasteiger partial charge in [-0.1, -0.05) is 39.5 Å². The lowest BCUT2D eigenvalue weighted by molar-refractivity contribution is 0.388. The van der Waals surface area contributed by atoms with Crippen LogP contribution in [0.4, 0.5) is 0 Å². The first-order valence-electron chi connectivity index (χ1n) is 6.12. The first-order chi connectivity index (χ1) is 6.38. The third-order valence-electron chi connectivity index (χ3n) is 3.06. The maximum atomic E-state index is 3.68. The highest BCUT2D eigenvalue weighted by atomic mass is 28.3. The highest BCUT2D eigenvalue weighted by molar-refractivity contribution is 6.76. The molecule has 1 aliphatic rings. The van der Waals surface area contributed by atoms with E-state index in [-0.39, 0.29) is 0 Å². The minimum absolute atomic E-state index is 0.841. The summed E-state index contributed by atoms with van der Waals surface area (Å²) < 4.78 is 0. The van der Waals surface area contributed by atoms with Crippen LogP contribution < -0.4 is 5.32 Å². The van der Waals surface area contributed by atoms with Crippen LogP contribution in [0, 0.1) is 11.8 Å². The van der Waals surface area contributed by atoms with Crippen LogP contribution in [0.5, 0.6) is 0 Å². The van der Waals surface area contributed by atoms with Gasteiger partial charge in [0.25, 0.3) is 0 Å². The molecule has 0 amide bonds. The third kappa shape index (κ3) is 5.16. The Morgan fingerprint density at radius 1 is 1.21 bits per heavy atom. The van der Waals surface area contributed by atoms with Gasteiger partial charge in [0.05, 0.1) is 0 Å². The van der Waals surface area contributed by atoms with Crippen LogP contribution >= 0.6 is 0 Å². The van der Waals surface area contributed by atoms with Crippen LogP contribution in [0.1, 0.15) is 26.7 Å². The molecule has 1 N–H and O–H groups in total. The minimum Gasteiger partial charge on any atom is -0.314 e. The standard InChI is InChI=1S/C12H27NSi/c1-10(2)11(9-14(3,4)5)8-13-12-6-7-12/h10-13H,6-9H2,1-5H3. The van der Waals surface area contributed by atoms with Crippen molar-refractivity contribution in [1.29, 1.82) is 0 Å². The van der Waals surface area contributed by atoms with Gasteiger partial charge in [-0.25, -0.2) is 0 Å². The molecule has 0 heterocycles. The van der Waals surface area contributed by atoms with Gasteiger partial charge in [-0.2, -0.15) is 0 Å². The van der Waals surface area contributed by atoms with Gasteiger partial charge in [0.15, 0.2) is 0 Å². The summed E-state index contributed by atoms with van der Waals surface area (Å²) in [5, 5.41) is 3.68. The summed E-state index contributed by atoms with van der Waals surface area (Å²) in [6.07, 6.45) is 2.83. The Kier molecular flexibility index (Phi) is 4.20. The molecular weight excluding hydrogens is 186 g/mol. The second-order valence-electron chi connectivity index (χ2n) is 6.45. The summed E-state index contributed by atoms with van der Waals surface area (Å²) in [4.78, 5) is 0. The van der Waals surface area contributed by atoms with E-state index in [4.69, 9.17) is 0 Å². The number of rotatable bonds is 6. The van der Waals surface area contributed by atoms with Crippen molar-refractivity contribution in [3.63, 3.8) is 0 Å². The molecule has 0 aromatic heterocycles. The second-order valence-corrected chi connectivity index (χ2v) is 12.0. The van der Waals surface area contributed by atoms with Crippen molar-refractivity contribution >= 4 is 8.07 Å². The van der Waals surface area contributed by atoms with Gasteiger partial charge < -0.3 is 5.32 Å². The van der Waals surface area contributed by atoms with E-state index in [1.54, 1.807) is 0 Å². The van der Waals surface area contributed by atoms with Gasteiger partial charge in [0.2, 0.25) is 0 Å². The first-order valence-corrected chi connectivity index (χ1v) is 9.82. The predicted molar refractivity (Wildman–Crippen MR) is 67.5 cm³/mol. The predicted octanol–water partition coefficient (Wildman–Crippen LogP) is 3.35. The molecule has 1 saturated carbocycles. The average molecular weight is 213 g/mol. The Balaban J connectivity index is 2.29. The summed E-state index contributed by atoms with van der Waals surface area (Å²) >= 11 is 0. The zero-order chi connectivity index (χ0) is 10.8. The lowest BCUT2D eigenvalue weighted by atomic mass is 9.98. The van der Waals surface area contributed by atoms with Crippen molar-refractivity contribution in [2.45, 2.75) is 58.4 Å². The first kappa shape index (κ1) is 12.2. The van der Waals surface area contributed by atoms with Crippen LogP contribution in [0.2, 0.25) is 25.7 Å². The van der Waals surface area contributed by atoms with Crippen LogP contribution in [0.25, 0.3) is 0 Å². The second kappa shape index (κ2) is 4.80. The van der Waals surface area contributed by atoms with Gasteiger partial charge >= 0.3 is 0 Å². The molecule has 1 nitrogen and oxygen atoms in total. The van der Waals surface area contributed by atoms with Gasteiger partial charge in [0, 0.05) is 14.1 Å². The van der Waals surface area contributed by atoms with Gasteiger partial charge in [-0.05, 0) is 31.2 Å². The maximum absolute atomic E-state index is 3.68. The van der Waals surface area contributed by atoms with E-state index in [0.29, 0.717) is 0 Å². The van der Waals surface area contributed by atoms with Crippen LogP contribution in [0.3, 0.4) is 0 Å². The highest BCUT2D eigenvalue weighted by Gasteiger charge is 2.26. The van der Waals surface area contributed by atoms with E-state index in [0.717, 1.165) is 17.9 Å². The quantitative estimate of drug-likeness (QED) is 0.667. The molecule has 0 aromatic carbocycles. The highest BCUT2D eigenvalue weighted by Crippen LogP contribution is 2.25. The van der Waals surface area contributed by atoms with Crippen molar-refractivity contribution in [3.05, 3.63) is 0 Å². The molecule has 14 heavy (non-hydrogen) atoms. The van der Waals surface area contributed by atoms with E-state index >= 15 is 0 Å². The zero-order valence-corrected chi connectivity index (χ0v) is 11.6. The number of nitrogens with one attached hydrogen (secondary N) is 1. The normalized spacial score (nSPS) is 20.1. The van der Waals surface area contributed by atoms with Gasteiger partial charge in [0.1, 0.15) is 0 Å². The SMILES string of the molecule is CC(C)C(CNC1CC1)C[Si](C)(C)C. The molecular formula is C12H27NSi. The van der Waals surface area contributed by atoms with Crippen molar-refractivity contribution < 1.29 is 0 Å². The Bertz CT molecular complexity index is 168. The Morgan fingerprint density at radius 3 is 2.14 bits per heavy atom. The van der Waals surface area contributed by atoms with Gasteiger partial charge in [-0.15, -0.1) is 0 Å². The summed E-state index contributed by atoms with van der Waals surface area (Å²) in [5.74, 6) is 1.75. The average Bonchev–Trinajstić information content (AvgIpc) is 2.78. The Labute approximate surface area is 90.7 Å². The molecule has 1 aliphatic carbocycles. The lowest BCUT2D eigenvalue weighted by Gasteiger charge is -2.27. The minimum atomic E-state index is -0.875. The fraction of sp³-hybridized carbons (Fsp3) is 1.00. The fourth-order valence-electron chi connectivity index (χ4n) is 1.94. The topological polar surface area (TPSA) is 12.0 Å². The number of hydrogen-bond donors (Lipinski definition) is 1. The van der Waals surface area contributed by atoms with Gasteiger partial charge in [-0.3, -0.25) is 0 Å². The van der Waals surface area contributed by atoms with Crippen LogP contribution in [-0.4, -0.2) is 20.7 Å². The van der Waals surface area contributed by atoms with Crippen molar-refractivity contribution in [2.75, 3.05) is 6.54 Å². The van der Waals surface area contributed by atoms with E-state index in [9.17, 15) is 0 Å². The summed E-state index contributed by atoms with van der Waals surface area (Å²) in [6.45, 7) is 13.5. The van der Waals surface area contributed by atoms with E-state index in [2.05, 4.69) is 38.8 Å². The van der Waals surface area contributed by atoms with Crippen LogP contribution in [0.15, 0.2) is 0 Å². The van der Waals surface area contributed by atoms with Crippen LogP contribution in [-0.2, 0) is 0 Å². The molecule has 0 aromatic rings. The molecule has 84 valence electrons. The van der Waals surface area contributed by atoms with E-state index < -0.39 is 8.07 Å². The third-order valence-corrected chi connectivity index (χ3v) is 4.81. The van der Waals surface area contributed by atoms with Crippen molar-refractivity contribution in [3.8, 4) is 0 Å². The molecule has 0 spiro atoms. The fourth-order valence-corrected chi connectivity index (χ4v) is 4.12. The summed E-state index contributed by atoms with van der Waals surface area (Å²) in [6, 6.07) is 2.35. The van der Waals surface area contributed by atoms with Crippen molar-refractivity contribution in [1.82, 2.24) is 5.32 Å². The van der Waals surface area contributed by atoms with E-state index in [1.165, 1.54) is 25.4 Å². The maximum Gasteiger partial charge on any atom is 0.0446 e. The molecule has 1 atom stereocenters. The summed E-state index contributed by atoms with van der Waals surface area (Å²) in [7, 11) is -0.875. The summed E-state index contributed by atoms with van der Waals surface area (Å²) in [5.41, 5.74) is 0. The lowest BCUT2D eigenvalue weighted by Crippen LogP contribution is -2.34. The molecule has 1 fully saturated rings. The van der Waals surface area contributed by atoms with E-state index in [1.807, 2.05) is 0 Å². The zero-order valence-electron chi connectivity index (χ0n) is 10.6. The molecule has 0 aliphatic heterocycles. The molecule has 0 bridgehead atoms. The number of hydrogen-bond acceptors (Lipinski definition) is 1. The molecule has 0 radical (unpaired) electrons. The molecule has 1 rings (SSSR count). The Morgan fingerprint density at radius 2 is 1.79 bits per heavy atom. The van der Waals surface area contributed by atoms with Crippen molar-refractivity contribution in [2.24, 2.45) is 11.8 Å². The molecule has 1 unspecified atom stereocenters. The molecule has 2 heteroatoms. The smallest absolute Gasteiger partial charge is 0.0446 e.